The van der Waals surface area contributed by atoms with Crippen molar-refractivity contribution in [2.75, 3.05) is 20.1 Å². The zero-order valence-electron chi connectivity index (χ0n) is 9.43. The molecule has 0 radical (unpaired) electrons. The van der Waals surface area contributed by atoms with E-state index in [4.69, 9.17) is 0 Å². The van der Waals surface area contributed by atoms with Crippen molar-refractivity contribution < 1.29 is 0 Å². The predicted octanol–water partition coefficient (Wildman–Crippen LogP) is 3.01. The van der Waals surface area contributed by atoms with Gasteiger partial charge in [-0.1, -0.05) is 34.1 Å². The zero-order chi connectivity index (χ0) is 9.56. The maximum Gasteiger partial charge on any atom is 0.000662 e. The van der Waals surface area contributed by atoms with Crippen LogP contribution in [0.15, 0.2) is 0 Å². The molecule has 0 aromatic carbocycles. The molecule has 1 rings (SSSR count). The fraction of sp³-hybridized carbons (Fsp3) is 1.00. The van der Waals surface area contributed by atoms with Crippen LogP contribution in [0, 0.1) is 11.8 Å². The van der Waals surface area contributed by atoms with E-state index in [0.29, 0.717) is 0 Å². The summed E-state index contributed by atoms with van der Waals surface area (Å²) in [5, 5.41) is 0. The van der Waals surface area contributed by atoms with E-state index in [1.165, 1.54) is 25.9 Å². The molecule has 0 amide bonds. The van der Waals surface area contributed by atoms with Gasteiger partial charge < -0.3 is 4.90 Å². The van der Waals surface area contributed by atoms with Crippen LogP contribution in [0.25, 0.3) is 0 Å². The Bertz CT molecular complexity index is 101. The molecule has 1 aliphatic rings. The SMILES string of the molecule is CC.CCC1CCN(C)CC1C. The molecular weight excluding hydrogens is 146 g/mol. The van der Waals surface area contributed by atoms with E-state index >= 15 is 0 Å². The minimum atomic E-state index is 0.920. The van der Waals surface area contributed by atoms with Crippen molar-refractivity contribution in [3.8, 4) is 0 Å². The van der Waals surface area contributed by atoms with Crippen LogP contribution in [0.3, 0.4) is 0 Å². The molecular formula is C11H25N. The van der Waals surface area contributed by atoms with Crippen molar-refractivity contribution >= 4 is 0 Å². The van der Waals surface area contributed by atoms with E-state index in [9.17, 15) is 0 Å². The third kappa shape index (κ3) is 3.57. The lowest BCUT2D eigenvalue weighted by Crippen LogP contribution is -2.36. The minimum Gasteiger partial charge on any atom is -0.306 e. The van der Waals surface area contributed by atoms with Gasteiger partial charge in [-0.05, 0) is 31.8 Å². The lowest BCUT2D eigenvalue weighted by atomic mass is 9.85. The maximum atomic E-state index is 2.44. The highest BCUT2D eigenvalue weighted by Gasteiger charge is 2.21. The maximum absolute atomic E-state index is 2.44. The van der Waals surface area contributed by atoms with E-state index in [-0.39, 0.29) is 0 Å². The van der Waals surface area contributed by atoms with Crippen molar-refractivity contribution in [3.63, 3.8) is 0 Å². The first-order valence-corrected chi connectivity index (χ1v) is 5.42. The summed E-state index contributed by atoms with van der Waals surface area (Å²) in [5.74, 6) is 1.92. The van der Waals surface area contributed by atoms with Gasteiger partial charge in [0.1, 0.15) is 0 Å². The number of likely N-dealkylation sites (tertiary alicyclic amines) is 1. The van der Waals surface area contributed by atoms with Gasteiger partial charge in [0.15, 0.2) is 0 Å². The van der Waals surface area contributed by atoms with Crippen LogP contribution in [0.4, 0.5) is 0 Å². The summed E-state index contributed by atoms with van der Waals surface area (Å²) in [6.45, 7) is 11.3. The van der Waals surface area contributed by atoms with Crippen molar-refractivity contribution in [1.82, 2.24) is 4.90 Å². The van der Waals surface area contributed by atoms with Gasteiger partial charge >= 0.3 is 0 Å². The molecule has 1 saturated heterocycles. The van der Waals surface area contributed by atoms with Crippen LogP contribution in [0.2, 0.25) is 0 Å². The third-order valence-corrected chi connectivity index (χ3v) is 2.81. The Labute approximate surface area is 78.1 Å². The molecule has 0 aliphatic carbocycles. The summed E-state index contributed by atoms with van der Waals surface area (Å²) in [6.07, 6.45) is 2.78. The normalized spacial score (nSPS) is 30.8. The molecule has 0 spiro atoms. The van der Waals surface area contributed by atoms with Gasteiger partial charge in [-0.3, -0.25) is 0 Å². The van der Waals surface area contributed by atoms with Crippen LogP contribution in [-0.2, 0) is 0 Å². The first-order valence-electron chi connectivity index (χ1n) is 5.42. The number of hydrogen-bond donors (Lipinski definition) is 0. The molecule has 0 bridgehead atoms. The second-order valence-corrected chi connectivity index (χ2v) is 3.70. The van der Waals surface area contributed by atoms with Gasteiger partial charge in [-0.15, -0.1) is 0 Å². The number of nitrogens with zero attached hydrogens (tertiary/aromatic N) is 1. The zero-order valence-corrected chi connectivity index (χ0v) is 9.43. The molecule has 12 heavy (non-hydrogen) atoms. The van der Waals surface area contributed by atoms with Crippen molar-refractivity contribution in [1.29, 1.82) is 0 Å². The third-order valence-electron chi connectivity index (χ3n) is 2.81. The Morgan fingerprint density at radius 1 is 1.33 bits per heavy atom. The average molecular weight is 171 g/mol. The summed E-state index contributed by atoms with van der Waals surface area (Å²) in [4.78, 5) is 2.44. The molecule has 1 aliphatic heterocycles. The van der Waals surface area contributed by atoms with E-state index in [2.05, 4.69) is 25.8 Å². The number of piperidine rings is 1. The van der Waals surface area contributed by atoms with Gasteiger partial charge in [0.05, 0.1) is 0 Å². The smallest absolute Gasteiger partial charge is 0.000662 e. The predicted molar refractivity (Wildman–Crippen MR) is 56.4 cm³/mol. The monoisotopic (exact) mass is 171 g/mol. The van der Waals surface area contributed by atoms with Crippen LogP contribution in [0.5, 0.6) is 0 Å². The van der Waals surface area contributed by atoms with Gasteiger partial charge in [0.2, 0.25) is 0 Å². The Balaban J connectivity index is 0.000000561. The molecule has 1 heterocycles. The second kappa shape index (κ2) is 6.47. The van der Waals surface area contributed by atoms with E-state index in [1.807, 2.05) is 13.8 Å². The Morgan fingerprint density at radius 3 is 2.33 bits per heavy atom. The Morgan fingerprint density at radius 2 is 1.92 bits per heavy atom. The molecule has 0 N–H and O–H groups in total. The minimum absolute atomic E-state index is 0.920. The fourth-order valence-corrected chi connectivity index (χ4v) is 2.01. The second-order valence-electron chi connectivity index (χ2n) is 3.70. The highest BCUT2D eigenvalue weighted by molar-refractivity contribution is 4.74. The molecule has 1 fully saturated rings. The first kappa shape index (κ1) is 12.0. The summed E-state index contributed by atoms with van der Waals surface area (Å²) in [5.41, 5.74) is 0. The van der Waals surface area contributed by atoms with Gasteiger partial charge in [0, 0.05) is 6.54 Å². The summed E-state index contributed by atoms with van der Waals surface area (Å²) >= 11 is 0. The van der Waals surface area contributed by atoms with E-state index in [0.717, 1.165) is 11.8 Å². The lowest BCUT2D eigenvalue weighted by Gasteiger charge is -2.34. The van der Waals surface area contributed by atoms with Gasteiger partial charge in [-0.25, -0.2) is 0 Å². The lowest BCUT2D eigenvalue weighted by molar-refractivity contribution is 0.152. The number of rotatable bonds is 1. The van der Waals surface area contributed by atoms with E-state index in [1.54, 1.807) is 0 Å². The van der Waals surface area contributed by atoms with Crippen molar-refractivity contribution in [2.45, 2.75) is 40.5 Å². The Hall–Kier alpha value is -0.0400. The van der Waals surface area contributed by atoms with Crippen molar-refractivity contribution in [2.24, 2.45) is 11.8 Å². The van der Waals surface area contributed by atoms with Crippen LogP contribution >= 0.6 is 0 Å². The molecule has 1 nitrogen and oxygen atoms in total. The number of hydrogen-bond acceptors (Lipinski definition) is 1. The molecule has 1 heteroatoms. The molecule has 2 unspecified atom stereocenters. The molecule has 0 saturated carbocycles. The van der Waals surface area contributed by atoms with Crippen molar-refractivity contribution in [3.05, 3.63) is 0 Å². The largest absolute Gasteiger partial charge is 0.306 e. The molecule has 0 aromatic heterocycles. The van der Waals surface area contributed by atoms with Gasteiger partial charge in [0.25, 0.3) is 0 Å². The molecule has 0 aromatic rings. The quantitative estimate of drug-likeness (QED) is 0.586. The Kier molecular flexibility index (Phi) is 6.45. The van der Waals surface area contributed by atoms with Crippen LogP contribution < -0.4 is 0 Å². The fourth-order valence-electron chi connectivity index (χ4n) is 2.01. The van der Waals surface area contributed by atoms with Gasteiger partial charge in [-0.2, -0.15) is 0 Å². The molecule has 74 valence electrons. The summed E-state index contributed by atoms with van der Waals surface area (Å²) in [7, 11) is 2.22. The molecule has 2 atom stereocenters. The standard InChI is InChI=1S/C9H19N.C2H6/c1-4-9-5-6-10(3)7-8(9)2;1-2/h8-9H,4-7H2,1-3H3;1-2H3. The topological polar surface area (TPSA) is 3.24 Å². The van der Waals surface area contributed by atoms with Crippen LogP contribution in [0.1, 0.15) is 40.5 Å². The average Bonchev–Trinajstić information content (AvgIpc) is 2.08. The summed E-state index contributed by atoms with van der Waals surface area (Å²) < 4.78 is 0. The summed E-state index contributed by atoms with van der Waals surface area (Å²) in [6, 6.07) is 0. The van der Waals surface area contributed by atoms with Crippen LogP contribution in [-0.4, -0.2) is 25.0 Å². The first-order chi connectivity index (χ1) is 5.74. The highest BCUT2D eigenvalue weighted by atomic mass is 15.1. The highest BCUT2D eigenvalue weighted by Crippen LogP contribution is 2.24. The van der Waals surface area contributed by atoms with E-state index < -0.39 is 0 Å².